The summed E-state index contributed by atoms with van der Waals surface area (Å²) in [5, 5.41) is 4.90. The topological polar surface area (TPSA) is 137 Å². The third kappa shape index (κ3) is 6.38. The van der Waals surface area contributed by atoms with Crippen LogP contribution >= 0.6 is 0 Å². The molecule has 10 heteroatoms. The van der Waals surface area contributed by atoms with E-state index in [1.807, 2.05) is 0 Å². The first kappa shape index (κ1) is 22.6. The molecule has 0 aromatic heterocycles. The van der Waals surface area contributed by atoms with Crippen molar-refractivity contribution in [2.75, 3.05) is 26.6 Å². The average Bonchev–Trinajstić information content (AvgIpc) is 2.68. The van der Waals surface area contributed by atoms with E-state index < -0.39 is 42.2 Å². The number of carbonyl (C=O) groups excluding carboxylic acids is 5. The molecule has 2 N–H and O–H groups in total. The Kier molecular flexibility index (Phi) is 8.60. The smallest absolute Gasteiger partial charge is 0.329 e. The summed E-state index contributed by atoms with van der Waals surface area (Å²) in [6.07, 6.45) is -0.505. The van der Waals surface area contributed by atoms with Crippen molar-refractivity contribution in [2.45, 2.75) is 19.4 Å². The maximum Gasteiger partial charge on any atom is 0.329 e. The van der Waals surface area contributed by atoms with Crippen molar-refractivity contribution in [3.63, 3.8) is 0 Å². The molecule has 0 heterocycles. The molecule has 28 heavy (non-hydrogen) atoms. The molecule has 1 aromatic carbocycles. The number of anilines is 1. The number of benzene rings is 1. The summed E-state index contributed by atoms with van der Waals surface area (Å²) in [5.41, 5.74) is 0.482. The van der Waals surface area contributed by atoms with Crippen LogP contribution in [0.2, 0.25) is 0 Å². The van der Waals surface area contributed by atoms with Crippen LogP contribution in [0.15, 0.2) is 24.3 Å². The molecular weight excluding hydrogens is 372 g/mol. The zero-order chi connectivity index (χ0) is 21.3. The molecule has 0 fully saturated rings. The van der Waals surface area contributed by atoms with Crippen LogP contribution in [0.25, 0.3) is 0 Å². The van der Waals surface area contributed by atoms with Crippen LogP contribution in [0.1, 0.15) is 23.7 Å². The van der Waals surface area contributed by atoms with Gasteiger partial charge in [-0.2, -0.15) is 0 Å². The maximum absolute atomic E-state index is 12.6. The SMILES string of the molecule is COC(=O)C[C@H](C(=O)OC)[C@H](NC(=O)c1cccc(NC(C)=O)c1)C(=O)OC. The van der Waals surface area contributed by atoms with Gasteiger partial charge in [-0.25, -0.2) is 4.79 Å². The van der Waals surface area contributed by atoms with E-state index in [2.05, 4.69) is 24.8 Å². The Morgan fingerprint density at radius 2 is 1.61 bits per heavy atom. The van der Waals surface area contributed by atoms with E-state index in [-0.39, 0.29) is 11.5 Å². The molecule has 0 bridgehead atoms. The summed E-state index contributed by atoms with van der Waals surface area (Å²) >= 11 is 0. The molecule has 0 aliphatic heterocycles. The molecule has 1 aromatic rings. The molecule has 0 aliphatic rings. The summed E-state index contributed by atoms with van der Waals surface area (Å²) in [4.78, 5) is 59.6. The lowest BCUT2D eigenvalue weighted by atomic mass is 9.95. The second kappa shape index (κ2) is 10.7. The summed E-state index contributed by atoms with van der Waals surface area (Å²) < 4.78 is 13.8. The van der Waals surface area contributed by atoms with Crippen LogP contribution in [-0.4, -0.2) is 57.1 Å². The highest BCUT2D eigenvalue weighted by Gasteiger charge is 2.38. The maximum atomic E-state index is 12.6. The van der Waals surface area contributed by atoms with Gasteiger partial charge in [0.1, 0.15) is 6.04 Å². The third-order valence-corrected chi connectivity index (χ3v) is 3.71. The first-order chi connectivity index (χ1) is 13.2. The van der Waals surface area contributed by atoms with E-state index in [9.17, 15) is 24.0 Å². The minimum atomic E-state index is -1.49. The normalized spacial score (nSPS) is 12.1. The Hall–Kier alpha value is -3.43. The van der Waals surface area contributed by atoms with Crippen LogP contribution < -0.4 is 10.6 Å². The highest BCUT2D eigenvalue weighted by Crippen LogP contribution is 2.16. The van der Waals surface area contributed by atoms with Crippen LogP contribution in [-0.2, 0) is 33.4 Å². The fraction of sp³-hybridized carbons (Fsp3) is 0.389. The van der Waals surface area contributed by atoms with Gasteiger partial charge < -0.3 is 24.8 Å². The van der Waals surface area contributed by atoms with E-state index in [1.165, 1.54) is 25.1 Å². The number of carbonyl (C=O) groups is 5. The highest BCUT2D eigenvalue weighted by atomic mass is 16.5. The predicted molar refractivity (Wildman–Crippen MR) is 96.2 cm³/mol. The Labute approximate surface area is 161 Å². The first-order valence-corrected chi connectivity index (χ1v) is 8.14. The van der Waals surface area contributed by atoms with Gasteiger partial charge in [-0.05, 0) is 18.2 Å². The van der Waals surface area contributed by atoms with Crippen molar-refractivity contribution in [1.82, 2.24) is 5.32 Å². The second-order valence-corrected chi connectivity index (χ2v) is 5.65. The van der Waals surface area contributed by atoms with Gasteiger partial charge in [0.25, 0.3) is 5.91 Å². The van der Waals surface area contributed by atoms with Crippen molar-refractivity contribution in [2.24, 2.45) is 5.92 Å². The average molecular weight is 394 g/mol. The Bertz CT molecular complexity index is 762. The monoisotopic (exact) mass is 394 g/mol. The Balaban J connectivity index is 3.14. The van der Waals surface area contributed by atoms with Crippen molar-refractivity contribution < 1.29 is 38.2 Å². The van der Waals surface area contributed by atoms with Crippen LogP contribution in [0.5, 0.6) is 0 Å². The number of rotatable bonds is 8. The second-order valence-electron chi connectivity index (χ2n) is 5.65. The van der Waals surface area contributed by atoms with Crippen molar-refractivity contribution in [3.8, 4) is 0 Å². The molecular formula is C18H22N2O8. The standard InChI is InChI=1S/C18H22N2O8/c1-10(21)19-12-7-5-6-11(8-12)16(23)20-15(18(25)28-4)13(17(24)27-3)9-14(22)26-2/h5-8,13,15H,9H2,1-4H3,(H,19,21)(H,20,23)/t13-,15-/m0/s1. The Morgan fingerprint density at radius 1 is 0.964 bits per heavy atom. The Morgan fingerprint density at radius 3 is 2.14 bits per heavy atom. The summed E-state index contributed by atoms with van der Waals surface area (Å²) in [6, 6.07) is 4.44. The number of nitrogens with one attached hydrogen (secondary N) is 2. The minimum Gasteiger partial charge on any atom is -0.469 e. The number of esters is 3. The molecule has 0 spiro atoms. The lowest BCUT2D eigenvalue weighted by molar-refractivity contribution is -0.158. The van der Waals surface area contributed by atoms with E-state index in [0.717, 1.165) is 21.3 Å². The third-order valence-electron chi connectivity index (χ3n) is 3.71. The zero-order valence-electron chi connectivity index (χ0n) is 15.9. The summed E-state index contributed by atoms with van der Waals surface area (Å²) in [6.45, 7) is 1.31. The van der Waals surface area contributed by atoms with E-state index in [0.29, 0.717) is 5.69 Å². The number of hydrogen-bond acceptors (Lipinski definition) is 8. The lowest BCUT2D eigenvalue weighted by Crippen LogP contribution is -2.50. The molecule has 10 nitrogen and oxygen atoms in total. The number of hydrogen-bond donors (Lipinski definition) is 2. The van der Waals surface area contributed by atoms with Gasteiger partial charge in [0.2, 0.25) is 5.91 Å². The van der Waals surface area contributed by atoms with Crippen LogP contribution in [0, 0.1) is 5.92 Å². The summed E-state index contributed by atoms with van der Waals surface area (Å²) in [7, 11) is 3.28. The predicted octanol–water partition coefficient (Wildman–Crippen LogP) is 0.269. The van der Waals surface area contributed by atoms with E-state index in [1.54, 1.807) is 6.07 Å². The highest BCUT2D eigenvalue weighted by molar-refractivity contribution is 6.00. The largest absolute Gasteiger partial charge is 0.469 e. The molecule has 0 radical (unpaired) electrons. The molecule has 0 unspecified atom stereocenters. The number of amides is 2. The van der Waals surface area contributed by atoms with Crippen LogP contribution in [0.4, 0.5) is 5.69 Å². The molecule has 0 aliphatic carbocycles. The quantitative estimate of drug-likeness (QED) is 0.473. The van der Waals surface area contributed by atoms with Crippen molar-refractivity contribution in [1.29, 1.82) is 0 Å². The van der Waals surface area contributed by atoms with Crippen LogP contribution in [0.3, 0.4) is 0 Å². The van der Waals surface area contributed by atoms with Gasteiger partial charge in [0, 0.05) is 18.2 Å². The van der Waals surface area contributed by atoms with Gasteiger partial charge in [-0.1, -0.05) is 6.07 Å². The van der Waals surface area contributed by atoms with Gasteiger partial charge in [-0.3, -0.25) is 19.2 Å². The van der Waals surface area contributed by atoms with Gasteiger partial charge in [0.05, 0.1) is 33.7 Å². The molecule has 2 amide bonds. The zero-order valence-corrected chi connectivity index (χ0v) is 15.9. The lowest BCUT2D eigenvalue weighted by Gasteiger charge is -2.23. The number of ether oxygens (including phenoxy) is 3. The van der Waals surface area contributed by atoms with E-state index in [4.69, 9.17) is 0 Å². The molecule has 0 saturated carbocycles. The minimum absolute atomic E-state index is 0.113. The molecule has 1 rings (SSSR count). The van der Waals surface area contributed by atoms with Gasteiger partial charge >= 0.3 is 17.9 Å². The molecule has 152 valence electrons. The molecule has 0 saturated heterocycles. The first-order valence-electron chi connectivity index (χ1n) is 8.14. The van der Waals surface area contributed by atoms with E-state index >= 15 is 0 Å². The fourth-order valence-corrected chi connectivity index (χ4v) is 2.37. The molecule has 2 atom stereocenters. The fourth-order valence-electron chi connectivity index (χ4n) is 2.37. The summed E-state index contributed by atoms with van der Waals surface area (Å²) in [5.74, 6) is -5.01. The van der Waals surface area contributed by atoms with Crippen molar-refractivity contribution in [3.05, 3.63) is 29.8 Å². The van der Waals surface area contributed by atoms with Crippen molar-refractivity contribution >= 4 is 35.4 Å². The number of methoxy groups -OCH3 is 3. The van der Waals surface area contributed by atoms with Gasteiger partial charge in [-0.15, -0.1) is 0 Å². The van der Waals surface area contributed by atoms with Gasteiger partial charge in [0.15, 0.2) is 0 Å².